The summed E-state index contributed by atoms with van der Waals surface area (Å²) in [6.45, 7) is 0.746. The van der Waals surface area contributed by atoms with Crippen molar-refractivity contribution in [2.75, 3.05) is 17.2 Å². The summed E-state index contributed by atoms with van der Waals surface area (Å²) in [5.74, 6) is 0.953. The number of nitrogens with two attached hydrogens (primary N) is 1. The number of hydrogen-bond donors (Lipinski definition) is 3. The standard InChI is InChI=1S/C17H25N3O/c18-11-13-4-1-2-7-16(13)19-14-5-3-6-15(10-14)20-17(21)12-8-9-12/h3,5-6,10,12-13,16,19H,1-2,4,7-9,11,18H2,(H,20,21). The largest absolute Gasteiger partial charge is 0.382 e. The third kappa shape index (κ3) is 3.76. The molecule has 0 saturated heterocycles. The van der Waals surface area contributed by atoms with E-state index in [9.17, 15) is 4.79 Å². The fraction of sp³-hybridized carbons (Fsp3) is 0.588. The molecule has 0 spiro atoms. The van der Waals surface area contributed by atoms with E-state index in [2.05, 4.69) is 16.7 Å². The van der Waals surface area contributed by atoms with Gasteiger partial charge in [0, 0.05) is 23.3 Å². The summed E-state index contributed by atoms with van der Waals surface area (Å²) in [6, 6.07) is 8.49. The molecule has 0 heterocycles. The number of amides is 1. The first-order valence-corrected chi connectivity index (χ1v) is 8.14. The summed E-state index contributed by atoms with van der Waals surface area (Å²) >= 11 is 0. The van der Waals surface area contributed by atoms with E-state index in [0.717, 1.165) is 30.8 Å². The van der Waals surface area contributed by atoms with Crippen molar-refractivity contribution in [3.8, 4) is 0 Å². The molecular formula is C17H25N3O. The highest BCUT2D eigenvalue weighted by atomic mass is 16.2. The van der Waals surface area contributed by atoms with Crippen LogP contribution in [-0.4, -0.2) is 18.5 Å². The molecule has 4 N–H and O–H groups in total. The number of anilines is 2. The Balaban J connectivity index is 1.63. The van der Waals surface area contributed by atoms with Crippen LogP contribution < -0.4 is 16.4 Å². The molecule has 1 aromatic carbocycles. The highest BCUT2D eigenvalue weighted by molar-refractivity contribution is 5.94. The Bertz CT molecular complexity index is 499. The van der Waals surface area contributed by atoms with Gasteiger partial charge in [-0.2, -0.15) is 0 Å². The summed E-state index contributed by atoms with van der Waals surface area (Å²) < 4.78 is 0. The predicted molar refractivity (Wildman–Crippen MR) is 86.2 cm³/mol. The molecule has 2 unspecified atom stereocenters. The summed E-state index contributed by atoms with van der Waals surface area (Å²) in [5.41, 5.74) is 7.85. The molecule has 4 heteroatoms. The lowest BCUT2D eigenvalue weighted by atomic mass is 9.84. The van der Waals surface area contributed by atoms with E-state index in [1.54, 1.807) is 0 Å². The van der Waals surface area contributed by atoms with E-state index in [-0.39, 0.29) is 11.8 Å². The quantitative estimate of drug-likeness (QED) is 0.780. The van der Waals surface area contributed by atoms with Gasteiger partial charge in [0.15, 0.2) is 0 Å². The van der Waals surface area contributed by atoms with E-state index in [4.69, 9.17) is 5.73 Å². The van der Waals surface area contributed by atoms with Gasteiger partial charge in [-0.25, -0.2) is 0 Å². The molecule has 4 nitrogen and oxygen atoms in total. The maximum Gasteiger partial charge on any atom is 0.227 e. The number of hydrogen-bond acceptors (Lipinski definition) is 3. The van der Waals surface area contributed by atoms with Crippen molar-refractivity contribution < 1.29 is 4.79 Å². The van der Waals surface area contributed by atoms with Crippen LogP contribution in [0.4, 0.5) is 11.4 Å². The van der Waals surface area contributed by atoms with Crippen molar-refractivity contribution >= 4 is 17.3 Å². The van der Waals surface area contributed by atoms with Gasteiger partial charge in [0.2, 0.25) is 5.91 Å². The molecule has 0 bridgehead atoms. The van der Waals surface area contributed by atoms with Crippen LogP contribution in [0.25, 0.3) is 0 Å². The summed E-state index contributed by atoms with van der Waals surface area (Å²) in [6.07, 6.45) is 7.02. The highest BCUT2D eigenvalue weighted by Crippen LogP contribution is 2.31. The molecule has 3 rings (SSSR count). The zero-order valence-electron chi connectivity index (χ0n) is 12.5. The number of carbonyl (C=O) groups excluding carboxylic acids is 1. The van der Waals surface area contributed by atoms with E-state index in [1.165, 1.54) is 25.7 Å². The molecule has 2 saturated carbocycles. The summed E-state index contributed by atoms with van der Waals surface area (Å²) in [4.78, 5) is 11.8. The maximum atomic E-state index is 11.8. The van der Waals surface area contributed by atoms with Crippen LogP contribution in [0, 0.1) is 11.8 Å². The van der Waals surface area contributed by atoms with Crippen LogP contribution >= 0.6 is 0 Å². The van der Waals surface area contributed by atoms with Crippen molar-refractivity contribution in [3.05, 3.63) is 24.3 Å². The first kappa shape index (κ1) is 14.4. The van der Waals surface area contributed by atoms with E-state index < -0.39 is 0 Å². The topological polar surface area (TPSA) is 67.2 Å². The van der Waals surface area contributed by atoms with Gasteiger partial charge in [-0.05, 0) is 56.3 Å². The second kappa shape index (κ2) is 6.48. The minimum atomic E-state index is 0.157. The zero-order chi connectivity index (χ0) is 14.7. The molecule has 0 radical (unpaired) electrons. The molecule has 2 aliphatic rings. The van der Waals surface area contributed by atoms with Crippen LogP contribution in [0.3, 0.4) is 0 Å². The van der Waals surface area contributed by atoms with Crippen molar-refractivity contribution in [1.29, 1.82) is 0 Å². The number of rotatable bonds is 5. The van der Waals surface area contributed by atoms with Crippen LogP contribution in [-0.2, 0) is 4.79 Å². The van der Waals surface area contributed by atoms with E-state index in [1.807, 2.05) is 18.2 Å². The summed E-state index contributed by atoms with van der Waals surface area (Å²) in [5, 5.41) is 6.61. The third-order valence-electron chi connectivity index (χ3n) is 4.64. The van der Waals surface area contributed by atoms with Gasteiger partial charge in [0.1, 0.15) is 0 Å². The first-order valence-electron chi connectivity index (χ1n) is 8.14. The second-order valence-electron chi connectivity index (χ2n) is 6.38. The van der Waals surface area contributed by atoms with E-state index in [0.29, 0.717) is 12.0 Å². The summed E-state index contributed by atoms with van der Waals surface area (Å²) in [7, 11) is 0. The zero-order valence-corrected chi connectivity index (χ0v) is 12.5. The van der Waals surface area contributed by atoms with Gasteiger partial charge in [0.05, 0.1) is 0 Å². The molecular weight excluding hydrogens is 262 g/mol. The number of carbonyl (C=O) groups is 1. The molecule has 2 fully saturated rings. The normalized spacial score (nSPS) is 25.4. The Morgan fingerprint density at radius 3 is 2.67 bits per heavy atom. The smallest absolute Gasteiger partial charge is 0.227 e. The fourth-order valence-electron chi connectivity index (χ4n) is 3.17. The van der Waals surface area contributed by atoms with Gasteiger partial charge in [-0.1, -0.05) is 18.9 Å². The van der Waals surface area contributed by atoms with Crippen molar-refractivity contribution in [2.45, 2.75) is 44.6 Å². The Morgan fingerprint density at radius 2 is 1.90 bits per heavy atom. The van der Waals surface area contributed by atoms with Crippen molar-refractivity contribution in [2.24, 2.45) is 17.6 Å². The molecule has 0 aliphatic heterocycles. The lowest BCUT2D eigenvalue weighted by Crippen LogP contribution is -2.36. The Kier molecular flexibility index (Phi) is 4.44. The molecule has 0 aromatic heterocycles. The second-order valence-corrected chi connectivity index (χ2v) is 6.38. The average molecular weight is 287 g/mol. The van der Waals surface area contributed by atoms with Crippen LogP contribution in [0.2, 0.25) is 0 Å². The fourth-order valence-corrected chi connectivity index (χ4v) is 3.17. The Morgan fingerprint density at radius 1 is 1.14 bits per heavy atom. The highest BCUT2D eigenvalue weighted by Gasteiger charge is 2.29. The first-order chi connectivity index (χ1) is 10.3. The molecule has 21 heavy (non-hydrogen) atoms. The van der Waals surface area contributed by atoms with Crippen molar-refractivity contribution in [3.63, 3.8) is 0 Å². The lowest BCUT2D eigenvalue weighted by molar-refractivity contribution is -0.117. The molecule has 1 aromatic rings. The van der Waals surface area contributed by atoms with Gasteiger partial charge < -0.3 is 16.4 Å². The van der Waals surface area contributed by atoms with Gasteiger partial charge in [-0.3, -0.25) is 4.79 Å². The molecule has 114 valence electrons. The lowest BCUT2D eigenvalue weighted by Gasteiger charge is -2.32. The minimum absolute atomic E-state index is 0.157. The van der Waals surface area contributed by atoms with Gasteiger partial charge >= 0.3 is 0 Å². The third-order valence-corrected chi connectivity index (χ3v) is 4.64. The van der Waals surface area contributed by atoms with Gasteiger partial charge in [-0.15, -0.1) is 0 Å². The van der Waals surface area contributed by atoms with Crippen molar-refractivity contribution in [1.82, 2.24) is 0 Å². The SMILES string of the molecule is NCC1CCCCC1Nc1cccc(NC(=O)C2CC2)c1. The Hall–Kier alpha value is -1.55. The molecule has 2 aliphatic carbocycles. The van der Waals surface area contributed by atoms with E-state index >= 15 is 0 Å². The van der Waals surface area contributed by atoms with Crippen LogP contribution in [0.5, 0.6) is 0 Å². The number of nitrogens with one attached hydrogen (secondary N) is 2. The molecule has 2 atom stereocenters. The monoisotopic (exact) mass is 287 g/mol. The Labute approximate surface area is 126 Å². The average Bonchev–Trinajstić information content (AvgIpc) is 3.33. The minimum Gasteiger partial charge on any atom is -0.382 e. The predicted octanol–water partition coefficient (Wildman–Crippen LogP) is 2.96. The van der Waals surface area contributed by atoms with Gasteiger partial charge in [0.25, 0.3) is 0 Å². The van der Waals surface area contributed by atoms with Crippen LogP contribution in [0.1, 0.15) is 38.5 Å². The number of benzene rings is 1. The molecule has 1 amide bonds. The maximum absolute atomic E-state index is 11.8. The van der Waals surface area contributed by atoms with Crippen LogP contribution in [0.15, 0.2) is 24.3 Å².